The summed E-state index contributed by atoms with van der Waals surface area (Å²) < 4.78 is 13.5. The lowest BCUT2D eigenvalue weighted by molar-refractivity contribution is -0.128. The first-order valence-electron chi connectivity index (χ1n) is 7.29. The number of amides is 1. The maximum absolute atomic E-state index is 13.5. The van der Waals surface area contributed by atoms with Crippen LogP contribution in [-0.4, -0.2) is 11.7 Å². The zero-order valence-electron chi connectivity index (χ0n) is 11.7. The number of hydrogen-bond donors (Lipinski definition) is 1. The van der Waals surface area contributed by atoms with E-state index in [2.05, 4.69) is 11.4 Å². The van der Waals surface area contributed by atoms with Crippen LogP contribution in [0.1, 0.15) is 43.7 Å². The van der Waals surface area contributed by atoms with Gasteiger partial charge >= 0.3 is 0 Å². The van der Waals surface area contributed by atoms with Crippen molar-refractivity contribution in [2.45, 2.75) is 43.0 Å². The number of thioether (sulfide) groups is 1. The highest BCUT2D eigenvalue weighted by Crippen LogP contribution is 2.40. The quantitative estimate of drug-likeness (QED) is 0.909. The molecule has 3 rings (SSSR count). The Morgan fingerprint density at radius 3 is 2.90 bits per heavy atom. The van der Waals surface area contributed by atoms with Gasteiger partial charge in [-0.2, -0.15) is 5.26 Å². The molecule has 1 unspecified atom stereocenters. The predicted molar refractivity (Wildman–Crippen MR) is 79.1 cm³/mol. The highest BCUT2D eigenvalue weighted by Gasteiger charge is 2.42. The number of nitriles is 1. The van der Waals surface area contributed by atoms with Crippen LogP contribution in [-0.2, 0) is 4.79 Å². The van der Waals surface area contributed by atoms with Crippen molar-refractivity contribution in [2.75, 3.05) is 5.75 Å². The fraction of sp³-hybridized carbons (Fsp3) is 0.500. The van der Waals surface area contributed by atoms with Crippen LogP contribution >= 0.6 is 11.8 Å². The molecule has 0 radical (unpaired) electrons. The number of hydrogen-bond acceptors (Lipinski definition) is 3. The predicted octanol–water partition coefficient (Wildman–Crippen LogP) is 3.56. The lowest BCUT2D eigenvalue weighted by Gasteiger charge is -2.29. The fourth-order valence-corrected chi connectivity index (χ4v) is 4.29. The molecule has 1 amide bonds. The molecule has 1 fully saturated rings. The number of carbonyl (C=O) groups excluding carboxylic acids is 1. The van der Waals surface area contributed by atoms with E-state index in [9.17, 15) is 14.4 Å². The molecule has 1 aromatic rings. The van der Waals surface area contributed by atoms with E-state index in [4.69, 9.17) is 0 Å². The maximum Gasteiger partial charge on any atom is 0.240 e. The van der Waals surface area contributed by atoms with Gasteiger partial charge in [0.15, 0.2) is 0 Å². The molecule has 1 heterocycles. The van der Waals surface area contributed by atoms with Crippen LogP contribution in [0.25, 0.3) is 0 Å². The number of nitrogens with one attached hydrogen (secondary N) is 1. The number of nitrogens with zero attached hydrogens (tertiary/aromatic N) is 1. The summed E-state index contributed by atoms with van der Waals surface area (Å²) in [6.45, 7) is 0. The van der Waals surface area contributed by atoms with Gasteiger partial charge in [0, 0.05) is 10.6 Å². The van der Waals surface area contributed by atoms with Crippen LogP contribution in [0.15, 0.2) is 23.1 Å². The number of halogens is 1. The van der Waals surface area contributed by atoms with Gasteiger partial charge in [0.25, 0.3) is 0 Å². The molecule has 110 valence electrons. The van der Waals surface area contributed by atoms with Crippen molar-refractivity contribution in [2.24, 2.45) is 5.41 Å². The first-order valence-corrected chi connectivity index (χ1v) is 8.28. The van der Waals surface area contributed by atoms with Crippen molar-refractivity contribution in [1.82, 2.24) is 5.32 Å². The molecule has 3 nitrogen and oxygen atoms in total. The molecule has 1 N–H and O–H groups in total. The second-order valence-electron chi connectivity index (χ2n) is 5.75. The van der Waals surface area contributed by atoms with Gasteiger partial charge in [0.1, 0.15) is 11.2 Å². The van der Waals surface area contributed by atoms with Crippen LogP contribution in [0, 0.1) is 22.6 Å². The van der Waals surface area contributed by atoms with Crippen molar-refractivity contribution >= 4 is 17.7 Å². The molecular formula is C16H17FN2OS. The lowest BCUT2D eigenvalue weighted by Crippen LogP contribution is -2.41. The molecule has 1 aliphatic heterocycles. The van der Waals surface area contributed by atoms with Crippen LogP contribution in [0.2, 0.25) is 0 Å². The minimum Gasteiger partial charge on any atom is -0.348 e. The average molecular weight is 304 g/mol. The topological polar surface area (TPSA) is 52.9 Å². The minimum atomic E-state index is -0.877. The summed E-state index contributed by atoms with van der Waals surface area (Å²) in [4.78, 5) is 13.5. The molecule has 0 saturated heterocycles. The largest absolute Gasteiger partial charge is 0.348 e. The van der Waals surface area contributed by atoms with Crippen molar-refractivity contribution in [3.8, 4) is 6.07 Å². The van der Waals surface area contributed by atoms with Crippen LogP contribution in [0.4, 0.5) is 4.39 Å². The first kappa shape index (κ1) is 14.4. The molecule has 1 aliphatic carbocycles. The summed E-state index contributed by atoms with van der Waals surface area (Å²) in [6, 6.07) is 6.74. The van der Waals surface area contributed by atoms with Gasteiger partial charge in [-0.05, 0) is 43.0 Å². The first-order chi connectivity index (χ1) is 10.1. The van der Waals surface area contributed by atoms with Gasteiger partial charge < -0.3 is 5.32 Å². The second kappa shape index (κ2) is 5.69. The number of carbonyl (C=O) groups is 1. The Morgan fingerprint density at radius 1 is 1.43 bits per heavy atom. The standard InChI is InChI=1S/C16H17FN2OS/c17-11-3-4-14-12(9-11)13(5-8-21-14)19-15(20)16(10-18)6-1-2-7-16/h3-4,9,13H,1-2,5-8H2,(H,19,20). The zero-order valence-corrected chi connectivity index (χ0v) is 12.5. The molecule has 5 heteroatoms. The van der Waals surface area contributed by atoms with E-state index < -0.39 is 5.41 Å². The van der Waals surface area contributed by atoms with Gasteiger partial charge in [-0.1, -0.05) is 12.8 Å². The molecule has 1 aromatic carbocycles. The van der Waals surface area contributed by atoms with E-state index in [1.54, 1.807) is 17.8 Å². The van der Waals surface area contributed by atoms with E-state index in [0.29, 0.717) is 12.8 Å². The molecule has 0 aromatic heterocycles. The molecule has 21 heavy (non-hydrogen) atoms. The van der Waals surface area contributed by atoms with Gasteiger partial charge in [0.2, 0.25) is 5.91 Å². The average Bonchev–Trinajstić information content (AvgIpc) is 2.98. The summed E-state index contributed by atoms with van der Waals surface area (Å²) in [5.74, 6) is 0.421. The fourth-order valence-electron chi connectivity index (χ4n) is 3.18. The summed E-state index contributed by atoms with van der Waals surface area (Å²) in [5, 5.41) is 12.4. The van der Waals surface area contributed by atoms with E-state index in [1.165, 1.54) is 12.1 Å². The van der Waals surface area contributed by atoms with Crippen molar-refractivity contribution in [3.05, 3.63) is 29.6 Å². The summed E-state index contributed by atoms with van der Waals surface area (Å²) >= 11 is 1.68. The van der Waals surface area contributed by atoms with E-state index in [1.807, 2.05) is 0 Å². The van der Waals surface area contributed by atoms with Crippen molar-refractivity contribution in [1.29, 1.82) is 5.26 Å². The molecular weight excluding hydrogens is 287 g/mol. The summed E-state index contributed by atoms with van der Waals surface area (Å²) in [6.07, 6.45) is 3.88. The molecule has 1 saturated carbocycles. The normalized spacial score (nSPS) is 23.1. The van der Waals surface area contributed by atoms with Gasteiger partial charge in [-0.25, -0.2) is 4.39 Å². The monoisotopic (exact) mass is 304 g/mol. The number of benzene rings is 1. The minimum absolute atomic E-state index is 0.185. The number of fused-ring (bicyclic) bond motifs is 1. The molecule has 0 spiro atoms. The van der Waals surface area contributed by atoms with E-state index in [0.717, 1.165) is 35.5 Å². The summed E-state index contributed by atoms with van der Waals surface area (Å²) in [5.41, 5.74) is -0.0383. The van der Waals surface area contributed by atoms with Crippen molar-refractivity contribution in [3.63, 3.8) is 0 Å². The molecule has 2 aliphatic rings. The maximum atomic E-state index is 13.5. The SMILES string of the molecule is N#CC1(C(=O)NC2CCSc3ccc(F)cc32)CCCC1. The summed E-state index contributed by atoms with van der Waals surface area (Å²) in [7, 11) is 0. The Kier molecular flexibility index (Phi) is 3.90. The lowest BCUT2D eigenvalue weighted by atomic mass is 9.86. The highest BCUT2D eigenvalue weighted by molar-refractivity contribution is 7.99. The van der Waals surface area contributed by atoms with Crippen LogP contribution in [0.3, 0.4) is 0 Å². The Bertz CT molecular complexity index is 605. The Hall–Kier alpha value is -1.54. The highest BCUT2D eigenvalue weighted by atomic mass is 32.2. The van der Waals surface area contributed by atoms with Crippen LogP contribution in [0.5, 0.6) is 0 Å². The van der Waals surface area contributed by atoms with Gasteiger partial charge in [0.05, 0.1) is 12.1 Å². The Labute approximate surface area is 127 Å². The van der Waals surface area contributed by atoms with Gasteiger partial charge in [-0.3, -0.25) is 4.79 Å². The Morgan fingerprint density at radius 2 is 2.19 bits per heavy atom. The third kappa shape index (κ3) is 2.65. The van der Waals surface area contributed by atoms with E-state index >= 15 is 0 Å². The smallest absolute Gasteiger partial charge is 0.240 e. The van der Waals surface area contributed by atoms with E-state index in [-0.39, 0.29) is 17.8 Å². The van der Waals surface area contributed by atoms with Crippen molar-refractivity contribution < 1.29 is 9.18 Å². The zero-order chi connectivity index (χ0) is 14.9. The van der Waals surface area contributed by atoms with Crippen LogP contribution < -0.4 is 5.32 Å². The third-order valence-corrected chi connectivity index (χ3v) is 5.55. The molecule has 0 bridgehead atoms. The third-order valence-electron chi connectivity index (χ3n) is 4.42. The Balaban J connectivity index is 1.82. The van der Waals surface area contributed by atoms with Gasteiger partial charge in [-0.15, -0.1) is 11.8 Å². The number of rotatable bonds is 2. The second-order valence-corrected chi connectivity index (χ2v) is 6.88. The molecule has 1 atom stereocenters.